The molecule has 1 aromatic carbocycles. The van der Waals surface area contributed by atoms with Crippen molar-refractivity contribution in [1.29, 1.82) is 0 Å². The molecule has 0 aromatic heterocycles. The summed E-state index contributed by atoms with van der Waals surface area (Å²) in [4.78, 5) is 33.8. The SMILES string of the molecule is CC(OC(=O)CCCCCCCCCCC(=O)O)OC(=O)OCc1ccccc1. The number of carbonyl (C=O) groups is 3. The molecule has 1 rings (SSSR count). The smallest absolute Gasteiger partial charge is 0.481 e. The molecule has 7 heteroatoms. The third kappa shape index (κ3) is 14.1. The zero-order valence-electron chi connectivity index (χ0n) is 17.1. The number of carboxylic acids is 1. The molecule has 0 aliphatic heterocycles. The van der Waals surface area contributed by atoms with E-state index in [1.165, 1.54) is 6.92 Å². The maximum absolute atomic E-state index is 11.8. The van der Waals surface area contributed by atoms with E-state index < -0.39 is 24.4 Å². The van der Waals surface area contributed by atoms with E-state index in [0.29, 0.717) is 0 Å². The number of ether oxygens (including phenoxy) is 3. The standard InChI is InChI=1S/C22H32O7/c1-18(29-22(26)27-17-19-13-9-8-10-14-19)28-21(25)16-12-7-5-3-2-4-6-11-15-20(23)24/h8-10,13-14,18H,2-7,11-12,15-17H2,1H3,(H,23,24). The van der Waals surface area contributed by atoms with E-state index in [9.17, 15) is 14.4 Å². The van der Waals surface area contributed by atoms with E-state index in [1.807, 2.05) is 30.3 Å². The molecule has 1 unspecified atom stereocenters. The van der Waals surface area contributed by atoms with Gasteiger partial charge in [0.1, 0.15) is 6.61 Å². The Hall–Kier alpha value is -2.57. The molecule has 0 aliphatic carbocycles. The number of esters is 1. The largest absolute Gasteiger partial charge is 0.511 e. The number of carboxylic acid groups (broad SMARTS) is 1. The molecule has 7 nitrogen and oxygen atoms in total. The zero-order chi connectivity index (χ0) is 21.3. The molecule has 29 heavy (non-hydrogen) atoms. The van der Waals surface area contributed by atoms with Crippen LogP contribution in [0.25, 0.3) is 0 Å². The van der Waals surface area contributed by atoms with Crippen molar-refractivity contribution in [3.63, 3.8) is 0 Å². The summed E-state index contributed by atoms with van der Waals surface area (Å²) in [5, 5.41) is 8.55. The van der Waals surface area contributed by atoms with Crippen LogP contribution in [0, 0.1) is 0 Å². The lowest BCUT2D eigenvalue weighted by Gasteiger charge is -2.14. The first-order valence-electron chi connectivity index (χ1n) is 10.3. The van der Waals surface area contributed by atoms with Crippen molar-refractivity contribution < 1.29 is 33.7 Å². The summed E-state index contributed by atoms with van der Waals surface area (Å²) in [6, 6.07) is 9.22. The van der Waals surface area contributed by atoms with Gasteiger partial charge in [0, 0.05) is 19.8 Å². The summed E-state index contributed by atoms with van der Waals surface area (Å²) in [5.41, 5.74) is 0.842. The van der Waals surface area contributed by atoms with Gasteiger partial charge in [0.15, 0.2) is 0 Å². The van der Waals surface area contributed by atoms with Crippen LogP contribution in [0.5, 0.6) is 0 Å². The van der Waals surface area contributed by atoms with E-state index in [0.717, 1.165) is 56.9 Å². The highest BCUT2D eigenvalue weighted by molar-refractivity contribution is 5.69. The van der Waals surface area contributed by atoms with Crippen LogP contribution in [0.1, 0.15) is 76.7 Å². The molecule has 0 fully saturated rings. The van der Waals surface area contributed by atoms with Gasteiger partial charge in [-0.25, -0.2) is 4.79 Å². The Kier molecular flexibility index (Phi) is 13.0. The molecular weight excluding hydrogens is 376 g/mol. The van der Waals surface area contributed by atoms with Crippen LogP contribution in [0.3, 0.4) is 0 Å². The molecule has 0 saturated carbocycles. The zero-order valence-corrected chi connectivity index (χ0v) is 17.1. The van der Waals surface area contributed by atoms with Gasteiger partial charge in [0.25, 0.3) is 0 Å². The van der Waals surface area contributed by atoms with Crippen LogP contribution < -0.4 is 0 Å². The molecule has 0 spiro atoms. The monoisotopic (exact) mass is 408 g/mol. The van der Waals surface area contributed by atoms with Gasteiger partial charge in [-0.15, -0.1) is 0 Å². The van der Waals surface area contributed by atoms with Crippen molar-refractivity contribution in [1.82, 2.24) is 0 Å². The maximum Gasteiger partial charge on any atom is 0.511 e. The van der Waals surface area contributed by atoms with E-state index in [-0.39, 0.29) is 19.4 Å². The van der Waals surface area contributed by atoms with E-state index >= 15 is 0 Å². The minimum atomic E-state index is -0.989. The van der Waals surface area contributed by atoms with E-state index in [2.05, 4.69) is 0 Å². The second-order valence-corrected chi connectivity index (χ2v) is 6.92. The Morgan fingerprint density at radius 1 is 0.828 bits per heavy atom. The van der Waals surface area contributed by atoms with E-state index in [1.54, 1.807) is 0 Å². The van der Waals surface area contributed by atoms with Gasteiger partial charge >= 0.3 is 18.1 Å². The number of hydrogen-bond donors (Lipinski definition) is 1. The summed E-state index contributed by atoms with van der Waals surface area (Å²) >= 11 is 0. The maximum atomic E-state index is 11.8. The normalized spacial score (nSPS) is 11.5. The molecule has 0 saturated heterocycles. The van der Waals surface area contributed by atoms with Crippen LogP contribution in [0.4, 0.5) is 4.79 Å². The number of benzene rings is 1. The van der Waals surface area contributed by atoms with Gasteiger partial charge in [0.05, 0.1) is 0 Å². The Balaban J connectivity index is 1.98. The van der Waals surface area contributed by atoms with Crippen molar-refractivity contribution in [3.05, 3.63) is 35.9 Å². The average molecular weight is 408 g/mol. The lowest BCUT2D eigenvalue weighted by Crippen LogP contribution is -2.22. The van der Waals surface area contributed by atoms with Crippen LogP contribution in [-0.4, -0.2) is 29.5 Å². The number of carbonyl (C=O) groups excluding carboxylic acids is 2. The van der Waals surface area contributed by atoms with Crippen molar-refractivity contribution in [3.8, 4) is 0 Å². The van der Waals surface area contributed by atoms with Crippen molar-refractivity contribution in [2.45, 2.75) is 84.0 Å². The third-order valence-electron chi connectivity index (χ3n) is 4.28. The number of rotatable bonds is 15. The molecule has 0 amide bonds. The second kappa shape index (κ2) is 15.4. The van der Waals surface area contributed by atoms with Crippen molar-refractivity contribution in [2.75, 3.05) is 0 Å². The van der Waals surface area contributed by atoms with Crippen LogP contribution in [-0.2, 0) is 30.4 Å². The second-order valence-electron chi connectivity index (χ2n) is 6.92. The molecule has 1 N–H and O–H groups in total. The summed E-state index contributed by atoms with van der Waals surface area (Å²) in [7, 11) is 0. The Morgan fingerprint density at radius 2 is 1.38 bits per heavy atom. The average Bonchev–Trinajstić information content (AvgIpc) is 2.68. The van der Waals surface area contributed by atoms with Crippen molar-refractivity contribution >= 4 is 18.1 Å². The van der Waals surface area contributed by atoms with Gasteiger partial charge in [-0.2, -0.15) is 0 Å². The molecule has 162 valence electrons. The minimum absolute atomic E-state index is 0.0971. The first kappa shape index (κ1) is 24.5. The summed E-state index contributed by atoms with van der Waals surface area (Å²) in [6.07, 6.45) is 6.24. The van der Waals surface area contributed by atoms with Gasteiger partial charge in [0.2, 0.25) is 6.29 Å². The van der Waals surface area contributed by atoms with Crippen LogP contribution in [0.15, 0.2) is 30.3 Å². The van der Waals surface area contributed by atoms with Gasteiger partial charge in [-0.1, -0.05) is 68.9 Å². The lowest BCUT2D eigenvalue weighted by molar-refractivity contribution is -0.168. The fraction of sp³-hybridized carbons (Fsp3) is 0.591. The van der Waals surface area contributed by atoms with Gasteiger partial charge in [-0.05, 0) is 18.4 Å². The van der Waals surface area contributed by atoms with Crippen LogP contribution in [0.2, 0.25) is 0 Å². The molecule has 0 bridgehead atoms. The molecule has 0 aliphatic rings. The molecular formula is C22H32O7. The highest BCUT2D eigenvalue weighted by atomic mass is 16.8. The number of unbranched alkanes of at least 4 members (excludes halogenated alkanes) is 7. The molecule has 1 aromatic rings. The fourth-order valence-electron chi connectivity index (χ4n) is 2.76. The summed E-state index contributed by atoms with van der Waals surface area (Å²) in [6.45, 7) is 1.58. The first-order valence-corrected chi connectivity index (χ1v) is 10.3. The van der Waals surface area contributed by atoms with Gasteiger partial charge in [-0.3, -0.25) is 9.59 Å². The summed E-state index contributed by atoms with van der Waals surface area (Å²) in [5.74, 6) is -1.14. The highest BCUT2D eigenvalue weighted by Gasteiger charge is 2.15. The number of hydrogen-bond acceptors (Lipinski definition) is 6. The van der Waals surface area contributed by atoms with E-state index in [4.69, 9.17) is 19.3 Å². The molecule has 0 radical (unpaired) electrons. The highest BCUT2D eigenvalue weighted by Crippen LogP contribution is 2.11. The topological polar surface area (TPSA) is 99.1 Å². The quantitative estimate of drug-likeness (QED) is 0.241. The third-order valence-corrected chi connectivity index (χ3v) is 4.28. The number of aliphatic carboxylic acids is 1. The lowest BCUT2D eigenvalue weighted by atomic mass is 10.1. The Morgan fingerprint density at radius 3 is 1.97 bits per heavy atom. The molecule has 0 heterocycles. The Labute approximate surface area is 172 Å². The van der Waals surface area contributed by atoms with Gasteiger partial charge < -0.3 is 19.3 Å². The Bertz CT molecular complexity index is 600. The minimum Gasteiger partial charge on any atom is -0.481 e. The predicted molar refractivity (Wildman–Crippen MR) is 107 cm³/mol. The fourth-order valence-corrected chi connectivity index (χ4v) is 2.76. The molecule has 1 atom stereocenters. The summed E-state index contributed by atoms with van der Waals surface area (Å²) < 4.78 is 14.9. The predicted octanol–water partition coefficient (Wildman–Crippen LogP) is 5.21. The van der Waals surface area contributed by atoms with Crippen molar-refractivity contribution in [2.24, 2.45) is 0 Å². The van der Waals surface area contributed by atoms with Crippen LogP contribution >= 0.6 is 0 Å². The first-order chi connectivity index (χ1) is 14.0.